The molecule has 0 amide bonds. The summed E-state index contributed by atoms with van der Waals surface area (Å²) in [7, 11) is 0. The van der Waals surface area contributed by atoms with Gasteiger partial charge in [0.2, 0.25) is 0 Å². The van der Waals surface area contributed by atoms with Gasteiger partial charge in [0.1, 0.15) is 0 Å². The molecule has 0 aliphatic carbocycles. The van der Waals surface area contributed by atoms with Crippen LogP contribution in [-0.2, 0) is 0 Å². The average Bonchev–Trinajstić information content (AvgIpc) is 2.92. The van der Waals surface area contributed by atoms with Crippen LogP contribution in [0.1, 0.15) is 5.56 Å². The molecule has 0 aliphatic heterocycles. The van der Waals surface area contributed by atoms with Crippen LogP contribution in [-0.4, -0.2) is 0 Å². The highest BCUT2D eigenvalue weighted by Gasteiger charge is 2.09. The van der Waals surface area contributed by atoms with Gasteiger partial charge in [-0.1, -0.05) is 60.7 Å². The maximum atomic E-state index is 2.30. The van der Waals surface area contributed by atoms with Gasteiger partial charge in [-0.3, -0.25) is 0 Å². The van der Waals surface area contributed by atoms with Crippen LogP contribution in [0.15, 0.2) is 66.7 Å². The second kappa shape index (κ2) is 4.31. The van der Waals surface area contributed by atoms with Crippen molar-refractivity contribution in [3.8, 4) is 0 Å². The molecular weight excluding hydrogens is 284 g/mol. The van der Waals surface area contributed by atoms with Crippen molar-refractivity contribution in [1.29, 1.82) is 0 Å². The van der Waals surface area contributed by atoms with Crippen LogP contribution in [0, 0.1) is 6.92 Å². The van der Waals surface area contributed by atoms with Gasteiger partial charge in [-0.15, -0.1) is 11.3 Å². The Labute approximate surface area is 132 Å². The van der Waals surface area contributed by atoms with Crippen LogP contribution < -0.4 is 0 Å². The lowest BCUT2D eigenvalue weighted by atomic mass is 10.00. The molecule has 22 heavy (non-hydrogen) atoms. The van der Waals surface area contributed by atoms with Crippen LogP contribution in [0.3, 0.4) is 0 Å². The molecule has 0 nitrogen and oxygen atoms in total. The highest BCUT2D eigenvalue weighted by Crippen LogP contribution is 2.40. The third-order valence-electron chi connectivity index (χ3n) is 4.52. The van der Waals surface area contributed by atoms with Gasteiger partial charge < -0.3 is 0 Å². The molecule has 1 heterocycles. The highest BCUT2D eigenvalue weighted by atomic mass is 32.1. The number of hydrogen-bond acceptors (Lipinski definition) is 1. The zero-order chi connectivity index (χ0) is 14.7. The van der Waals surface area contributed by atoms with Crippen molar-refractivity contribution in [1.82, 2.24) is 0 Å². The van der Waals surface area contributed by atoms with Crippen molar-refractivity contribution in [2.75, 3.05) is 0 Å². The van der Waals surface area contributed by atoms with E-state index >= 15 is 0 Å². The zero-order valence-electron chi connectivity index (χ0n) is 12.3. The topological polar surface area (TPSA) is 0 Å². The minimum atomic E-state index is 1.31. The SMILES string of the molecule is Cc1ccc2c(c1)sc1c2ccc2c3ccccc3ccc21. The van der Waals surface area contributed by atoms with Crippen LogP contribution in [0.4, 0.5) is 0 Å². The molecule has 1 heteroatoms. The summed E-state index contributed by atoms with van der Waals surface area (Å²) in [5.41, 5.74) is 1.33. The monoisotopic (exact) mass is 298 g/mol. The minimum absolute atomic E-state index is 1.31. The van der Waals surface area contributed by atoms with Gasteiger partial charge in [-0.25, -0.2) is 0 Å². The Balaban J connectivity index is 2.03. The molecule has 0 unspecified atom stereocenters. The Bertz CT molecular complexity index is 1180. The summed E-state index contributed by atoms with van der Waals surface area (Å²) < 4.78 is 2.79. The Morgan fingerprint density at radius 1 is 0.636 bits per heavy atom. The first kappa shape index (κ1) is 12.2. The first-order valence-electron chi connectivity index (χ1n) is 7.54. The first-order chi connectivity index (χ1) is 10.8. The molecule has 0 bridgehead atoms. The van der Waals surface area contributed by atoms with Gasteiger partial charge in [0.05, 0.1) is 0 Å². The fourth-order valence-corrected chi connectivity index (χ4v) is 4.76. The number of thiophene rings is 1. The smallest absolute Gasteiger partial charge is 0.0434 e. The van der Waals surface area contributed by atoms with Crippen LogP contribution in [0.2, 0.25) is 0 Å². The molecule has 5 aromatic rings. The number of rotatable bonds is 0. The maximum absolute atomic E-state index is 2.30. The van der Waals surface area contributed by atoms with Crippen molar-refractivity contribution < 1.29 is 0 Å². The molecule has 0 saturated heterocycles. The molecular formula is C21H14S. The fourth-order valence-electron chi connectivity index (χ4n) is 3.43. The van der Waals surface area contributed by atoms with Crippen molar-refractivity contribution in [3.05, 3.63) is 72.3 Å². The van der Waals surface area contributed by atoms with E-state index in [4.69, 9.17) is 0 Å². The summed E-state index contributed by atoms with van der Waals surface area (Å²) in [5, 5.41) is 8.13. The van der Waals surface area contributed by atoms with E-state index in [0.717, 1.165) is 0 Å². The summed E-state index contributed by atoms with van der Waals surface area (Å²) in [6.45, 7) is 2.16. The Kier molecular flexibility index (Phi) is 2.39. The molecule has 0 spiro atoms. The summed E-state index contributed by atoms with van der Waals surface area (Å²) >= 11 is 1.91. The van der Waals surface area contributed by atoms with Crippen LogP contribution >= 0.6 is 11.3 Å². The van der Waals surface area contributed by atoms with E-state index in [1.54, 1.807) is 0 Å². The lowest BCUT2D eigenvalue weighted by Gasteiger charge is -2.04. The molecule has 0 radical (unpaired) electrons. The van der Waals surface area contributed by atoms with Crippen molar-refractivity contribution in [2.24, 2.45) is 0 Å². The first-order valence-corrected chi connectivity index (χ1v) is 8.36. The van der Waals surface area contributed by atoms with Crippen LogP contribution in [0.5, 0.6) is 0 Å². The Morgan fingerprint density at radius 3 is 2.32 bits per heavy atom. The number of hydrogen-bond donors (Lipinski definition) is 0. The molecule has 4 aromatic carbocycles. The second-order valence-corrected chi connectivity index (χ2v) is 6.98. The summed E-state index contributed by atoms with van der Waals surface area (Å²) in [4.78, 5) is 0. The van der Waals surface area contributed by atoms with Gasteiger partial charge in [0.25, 0.3) is 0 Å². The van der Waals surface area contributed by atoms with E-state index in [1.807, 2.05) is 11.3 Å². The minimum Gasteiger partial charge on any atom is -0.135 e. The lowest BCUT2D eigenvalue weighted by Crippen LogP contribution is -1.77. The third kappa shape index (κ3) is 1.57. The summed E-state index contributed by atoms with van der Waals surface area (Å²) in [6, 6.07) is 24.5. The van der Waals surface area contributed by atoms with Crippen molar-refractivity contribution in [3.63, 3.8) is 0 Å². The average molecular weight is 298 g/mol. The van der Waals surface area contributed by atoms with Crippen molar-refractivity contribution >= 4 is 53.1 Å². The van der Waals surface area contributed by atoms with E-state index < -0.39 is 0 Å². The van der Waals surface area contributed by atoms with E-state index in [0.29, 0.717) is 0 Å². The zero-order valence-corrected chi connectivity index (χ0v) is 13.1. The standard InChI is InChI=1S/C21H14S/c1-13-6-8-17-19-11-10-16-15-5-3-2-4-14(15)7-9-18(16)21(19)22-20(17)12-13/h2-12H,1H3. The number of aryl methyl sites for hydroxylation is 1. The van der Waals surface area contributed by atoms with Gasteiger partial charge in [0.15, 0.2) is 0 Å². The molecule has 0 aliphatic rings. The van der Waals surface area contributed by atoms with E-state index in [1.165, 1.54) is 47.3 Å². The Morgan fingerprint density at radius 2 is 1.36 bits per heavy atom. The molecule has 5 rings (SSSR count). The predicted octanol–water partition coefficient (Wildman–Crippen LogP) is 6.67. The van der Waals surface area contributed by atoms with Gasteiger partial charge in [0, 0.05) is 25.6 Å². The number of fused-ring (bicyclic) bond motifs is 7. The van der Waals surface area contributed by atoms with Gasteiger partial charge in [-0.05, 0) is 34.7 Å². The van der Waals surface area contributed by atoms with E-state index in [9.17, 15) is 0 Å². The summed E-state index contributed by atoms with van der Waals surface area (Å²) in [6.07, 6.45) is 0. The van der Waals surface area contributed by atoms with E-state index in [2.05, 4.69) is 73.7 Å². The maximum Gasteiger partial charge on any atom is 0.0434 e. The van der Waals surface area contributed by atoms with Crippen molar-refractivity contribution in [2.45, 2.75) is 6.92 Å². The highest BCUT2D eigenvalue weighted by molar-refractivity contribution is 7.26. The van der Waals surface area contributed by atoms with Gasteiger partial charge >= 0.3 is 0 Å². The molecule has 104 valence electrons. The molecule has 0 N–H and O–H groups in total. The third-order valence-corrected chi connectivity index (χ3v) is 5.72. The lowest BCUT2D eigenvalue weighted by molar-refractivity contribution is 1.52. The molecule has 0 saturated carbocycles. The van der Waals surface area contributed by atoms with Crippen LogP contribution in [0.25, 0.3) is 41.7 Å². The molecule has 1 aromatic heterocycles. The predicted molar refractivity (Wildman–Crippen MR) is 99.1 cm³/mol. The fraction of sp³-hybridized carbons (Fsp3) is 0.0476. The number of benzene rings is 4. The normalized spacial score (nSPS) is 11.9. The molecule has 0 atom stereocenters. The second-order valence-electron chi connectivity index (χ2n) is 5.93. The van der Waals surface area contributed by atoms with E-state index in [-0.39, 0.29) is 0 Å². The summed E-state index contributed by atoms with van der Waals surface area (Å²) in [5.74, 6) is 0. The Hall–Kier alpha value is -2.38. The molecule has 0 fully saturated rings. The quantitative estimate of drug-likeness (QED) is 0.280. The van der Waals surface area contributed by atoms with Gasteiger partial charge in [-0.2, -0.15) is 0 Å². The largest absolute Gasteiger partial charge is 0.135 e.